The first-order valence-corrected chi connectivity index (χ1v) is 5.57. The zero-order valence-electron chi connectivity index (χ0n) is 9.36. The van der Waals surface area contributed by atoms with Gasteiger partial charge in [0, 0.05) is 17.3 Å². The minimum atomic E-state index is -0.387. The average molecular weight is 262 g/mol. The first-order chi connectivity index (χ1) is 8.58. The Balaban J connectivity index is 2.26. The molecule has 1 aromatic carbocycles. The Labute approximate surface area is 109 Å². The van der Waals surface area contributed by atoms with Crippen molar-refractivity contribution in [2.45, 2.75) is 0 Å². The Morgan fingerprint density at radius 2 is 1.83 bits per heavy atom. The van der Waals surface area contributed by atoms with E-state index in [0.717, 1.165) is 0 Å². The van der Waals surface area contributed by atoms with Gasteiger partial charge in [-0.15, -0.1) is 0 Å². The van der Waals surface area contributed by atoms with Crippen molar-refractivity contribution in [1.29, 1.82) is 0 Å². The molecule has 0 atom stereocenters. The minimum absolute atomic E-state index is 0.248. The lowest BCUT2D eigenvalue weighted by atomic mass is 10.0. The van der Waals surface area contributed by atoms with Gasteiger partial charge in [-0.1, -0.05) is 18.2 Å². The van der Waals surface area contributed by atoms with E-state index in [2.05, 4.69) is 11.6 Å². The molecule has 0 aliphatic carbocycles. The predicted octanol–water partition coefficient (Wildman–Crippen LogP) is 3.77. The molecule has 0 aliphatic rings. The van der Waals surface area contributed by atoms with E-state index in [1.165, 1.54) is 30.5 Å². The number of pyridine rings is 1. The number of carbonyl (C=O) groups is 1. The van der Waals surface area contributed by atoms with Crippen LogP contribution in [0.2, 0.25) is 5.02 Å². The van der Waals surface area contributed by atoms with Crippen molar-refractivity contribution in [2.24, 2.45) is 0 Å². The second-order valence-corrected chi connectivity index (χ2v) is 4.11. The Bertz CT molecular complexity index is 535. The molecule has 0 amide bonds. The molecule has 4 heteroatoms. The molecule has 0 spiro atoms. The number of hydrogen-bond acceptors (Lipinski definition) is 2. The van der Waals surface area contributed by atoms with E-state index in [-0.39, 0.29) is 17.2 Å². The first kappa shape index (κ1) is 12.5. The number of halogens is 2. The highest BCUT2D eigenvalue weighted by Crippen LogP contribution is 2.18. The standard InChI is InChI=1S/C14H9ClFNO/c1-9(13-7-4-11(15)8-17-13)14(18)10-2-5-12(16)6-3-10/h2-8H,1H2. The molecule has 2 rings (SSSR count). The van der Waals surface area contributed by atoms with E-state index in [4.69, 9.17) is 11.6 Å². The van der Waals surface area contributed by atoms with Crippen LogP contribution in [0.5, 0.6) is 0 Å². The highest BCUT2D eigenvalue weighted by Gasteiger charge is 2.13. The largest absolute Gasteiger partial charge is 0.289 e. The Hall–Kier alpha value is -2.00. The number of hydrogen-bond donors (Lipinski definition) is 0. The Kier molecular flexibility index (Phi) is 3.53. The molecule has 0 fully saturated rings. The summed E-state index contributed by atoms with van der Waals surface area (Å²) in [7, 11) is 0. The maximum atomic E-state index is 12.8. The van der Waals surface area contributed by atoms with Crippen LogP contribution in [0.25, 0.3) is 5.57 Å². The molecular weight excluding hydrogens is 253 g/mol. The lowest BCUT2D eigenvalue weighted by Crippen LogP contribution is -2.03. The molecule has 90 valence electrons. The smallest absolute Gasteiger partial charge is 0.194 e. The number of rotatable bonds is 3. The number of allylic oxidation sites excluding steroid dienone is 1. The van der Waals surface area contributed by atoms with Crippen molar-refractivity contribution in [3.05, 3.63) is 71.3 Å². The van der Waals surface area contributed by atoms with Crippen LogP contribution >= 0.6 is 11.6 Å². The number of nitrogens with zero attached hydrogens (tertiary/aromatic N) is 1. The molecule has 0 bridgehead atoms. The molecule has 0 radical (unpaired) electrons. The van der Waals surface area contributed by atoms with Gasteiger partial charge in [-0.3, -0.25) is 9.78 Å². The van der Waals surface area contributed by atoms with Gasteiger partial charge in [0.15, 0.2) is 5.78 Å². The monoisotopic (exact) mass is 261 g/mol. The number of Topliss-reactive ketones (excluding diaryl/α,β-unsaturated/α-hetero) is 1. The lowest BCUT2D eigenvalue weighted by Gasteiger charge is -2.04. The SMILES string of the molecule is C=C(C(=O)c1ccc(F)cc1)c1ccc(Cl)cn1. The molecule has 0 saturated carbocycles. The molecule has 1 aromatic heterocycles. The van der Waals surface area contributed by atoms with Gasteiger partial charge in [-0.25, -0.2) is 4.39 Å². The van der Waals surface area contributed by atoms with E-state index in [1.807, 2.05) is 0 Å². The maximum absolute atomic E-state index is 12.8. The van der Waals surface area contributed by atoms with Crippen molar-refractivity contribution in [2.75, 3.05) is 0 Å². The molecule has 18 heavy (non-hydrogen) atoms. The van der Waals surface area contributed by atoms with E-state index in [0.29, 0.717) is 16.3 Å². The quantitative estimate of drug-likeness (QED) is 0.622. The zero-order valence-corrected chi connectivity index (χ0v) is 10.1. The molecule has 0 N–H and O–H groups in total. The molecule has 2 nitrogen and oxygen atoms in total. The van der Waals surface area contributed by atoms with Crippen LogP contribution in [0, 0.1) is 5.82 Å². The number of benzene rings is 1. The average Bonchev–Trinajstić information content (AvgIpc) is 2.39. The van der Waals surface area contributed by atoms with Crippen LogP contribution in [-0.2, 0) is 0 Å². The fourth-order valence-corrected chi connectivity index (χ4v) is 1.56. The summed E-state index contributed by atoms with van der Waals surface area (Å²) in [6, 6.07) is 8.54. The topological polar surface area (TPSA) is 30.0 Å². The summed E-state index contributed by atoms with van der Waals surface area (Å²) in [4.78, 5) is 16.1. The van der Waals surface area contributed by atoms with Gasteiger partial charge in [0.2, 0.25) is 0 Å². The maximum Gasteiger partial charge on any atom is 0.194 e. The first-order valence-electron chi connectivity index (χ1n) is 5.19. The van der Waals surface area contributed by atoms with Crippen molar-refractivity contribution >= 4 is 23.0 Å². The van der Waals surface area contributed by atoms with Crippen LogP contribution in [-0.4, -0.2) is 10.8 Å². The van der Waals surface area contributed by atoms with Crippen LogP contribution in [0.1, 0.15) is 16.1 Å². The van der Waals surface area contributed by atoms with Crippen molar-refractivity contribution in [3.63, 3.8) is 0 Å². The van der Waals surface area contributed by atoms with Crippen LogP contribution in [0.15, 0.2) is 49.2 Å². The van der Waals surface area contributed by atoms with Crippen LogP contribution in [0.3, 0.4) is 0 Å². The summed E-state index contributed by atoms with van der Waals surface area (Å²) in [6.45, 7) is 3.70. The van der Waals surface area contributed by atoms with Crippen molar-refractivity contribution in [1.82, 2.24) is 4.98 Å². The van der Waals surface area contributed by atoms with Gasteiger partial charge in [0.25, 0.3) is 0 Å². The van der Waals surface area contributed by atoms with E-state index in [9.17, 15) is 9.18 Å². The Morgan fingerprint density at radius 3 is 2.39 bits per heavy atom. The molecule has 2 aromatic rings. The third-order valence-corrected chi connectivity index (χ3v) is 2.64. The predicted molar refractivity (Wildman–Crippen MR) is 69.0 cm³/mol. The zero-order chi connectivity index (χ0) is 13.1. The summed E-state index contributed by atoms with van der Waals surface area (Å²) in [5, 5.41) is 0.487. The van der Waals surface area contributed by atoms with E-state index < -0.39 is 0 Å². The van der Waals surface area contributed by atoms with Gasteiger partial charge in [-0.05, 0) is 36.4 Å². The lowest BCUT2D eigenvalue weighted by molar-refractivity contribution is 0.105. The van der Waals surface area contributed by atoms with Crippen molar-refractivity contribution < 1.29 is 9.18 Å². The van der Waals surface area contributed by atoms with E-state index in [1.54, 1.807) is 12.1 Å². The summed E-state index contributed by atoms with van der Waals surface area (Å²) in [6.07, 6.45) is 1.44. The van der Waals surface area contributed by atoms with Gasteiger partial charge in [0.1, 0.15) is 5.82 Å². The summed E-state index contributed by atoms with van der Waals surface area (Å²) in [5.74, 6) is -0.674. The van der Waals surface area contributed by atoms with Crippen molar-refractivity contribution in [3.8, 4) is 0 Å². The third kappa shape index (κ3) is 2.63. The fourth-order valence-electron chi connectivity index (χ4n) is 1.45. The second kappa shape index (κ2) is 5.10. The number of ketones is 1. The number of aromatic nitrogens is 1. The van der Waals surface area contributed by atoms with Gasteiger partial charge >= 0.3 is 0 Å². The fraction of sp³-hybridized carbons (Fsp3) is 0. The van der Waals surface area contributed by atoms with Gasteiger partial charge in [0.05, 0.1) is 10.7 Å². The summed E-state index contributed by atoms with van der Waals surface area (Å²) in [5.41, 5.74) is 1.07. The van der Waals surface area contributed by atoms with Gasteiger partial charge < -0.3 is 0 Å². The highest BCUT2D eigenvalue weighted by atomic mass is 35.5. The molecule has 0 saturated heterocycles. The van der Waals surface area contributed by atoms with Crippen LogP contribution < -0.4 is 0 Å². The summed E-state index contributed by atoms with van der Waals surface area (Å²) < 4.78 is 12.8. The normalized spacial score (nSPS) is 10.1. The number of carbonyl (C=O) groups excluding carboxylic acids is 1. The Morgan fingerprint density at radius 1 is 1.17 bits per heavy atom. The van der Waals surface area contributed by atoms with Crippen LogP contribution in [0.4, 0.5) is 4.39 Å². The molecule has 0 unspecified atom stereocenters. The third-order valence-electron chi connectivity index (χ3n) is 2.42. The highest BCUT2D eigenvalue weighted by molar-refractivity contribution is 6.31. The second-order valence-electron chi connectivity index (χ2n) is 3.68. The van der Waals surface area contributed by atoms with Gasteiger partial charge in [-0.2, -0.15) is 0 Å². The van der Waals surface area contributed by atoms with E-state index >= 15 is 0 Å². The summed E-state index contributed by atoms with van der Waals surface area (Å²) >= 11 is 5.71. The molecule has 1 heterocycles. The molecule has 0 aliphatic heterocycles. The minimum Gasteiger partial charge on any atom is -0.289 e. The molecular formula is C14H9ClFNO.